The molecule has 2 aliphatic rings. The minimum Gasteiger partial charge on any atom is -0.465 e. The Balaban J connectivity index is 1.51. The molecule has 4 rings (SSSR count). The van der Waals surface area contributed by atoms with E-state index >= 15 is 0 Å². The number of hydrogen-bond acceptors (Lipinski definition) is 4. The number of nitrogens with zero attached hydrogens (tertiary/aromatic N) is 1. The molecule has 0 aliphatic carbocycles. The summed E-state index contributed by atoms with van der Waals surface area (Å²) in [4.78, 5) is 26.1. The van der Waals surface area contributed by atoms with Gasteiger partial charge in [-0.25, -0.2) is 9.59 Å². The molecule has 2 fully saturated rings. The molecular formula is C22H27N3O3. The quantitative estimate of drug-likeness (QED) is 0.781. The van der Waals surface area contributed by atoms with Gasteiger partial charge in [0.25, 0.3) is 0 Å². The Hall–Kier alpha value is -2.60. The largest absolute Gasteiger partial charge is 0.465 e. The summed E-state index contributed by atoms with van der Waals surface area (Å²) in [7, 11) is 1.39. The monoisotopic (exact) mass is 381 g/mol. The highest BCUT2D eigenvalue weighted by atomic mass is 16.5. The molecule has 0 spiro atoms. The smallest absolute Gasteiger partial charge is 0.337 e. The molecular weight excluding hydrogens is 354 g/mol. The zero-order valence-electron chi connectivity index (χ0n) is 16.2. The lowest BCUT2D eigenvalue weighted by atomic mass is 9.94. The number of carbonyl (C=O) groups is 2. The van der Waals surface area contributed by atoms with Crippen LogP contribution in [0.15, 0.2) is 36.4 Å². The van der Waals surface area contributed by atoms with Crippen LogP contribution in [0.25, 0.3) is 10.8 Å². The standard InChI is InChI=1S/C22H27N3O3/c1-28-21(26)19-5-3-16-12-18(4-2-17(16)13-19)20-14-24-22(27)25(20)11-8-15-6-9-23-10-7-15/h2-5,12-13,15,20,23H,6-11,14H2,1H3,(H,24,27). The second-order valence-electron chi connectivity index (χ2n) is 7.69. The molecule has 1 unspecified atom stereocenters. The third-order valence-electron chi connectivity index (χ3n) is 5.99. The van der Waals surface area contributed by atoms with Crippen LogP contribution in [0.4, 0.5) is 4.79 Å². The van der Waals surface area contributed by atoms with E-state index in [0.29, 0.717) is 18.0 Å². The lowest BCUT2D eigenvalue weighted by molar-refractivity contribution is 0.0601. The molecule has 2 N–H and O–H groups in total. The lowest BCUT2D eigenvalue weighted by Crippen LogP contribution is -2.34. The lowest BCUT2D eigenvalue weighted by Gasteiger charge is -2.28. The molecule has 2 amide bonds. The molecule has 28 heavy (non-hydrogen) atoms. The maximum atomic E-state index is 12.4. The minimum absolute atomic E-state index is 0.0278. The predicted octanol–water partition coefficient (Wildman–Crippen LogP) is 3.08. The van der Waals surface area contributed by atoms with Crippen molar-refractivity contribution in [1.82, 2.24) is 15.5 Å². The van der Waals surface area contributed by atoms with Gasteiger partial charge in [-0.2, -0.15) is 0 Å². The van der Waals surface area contributed by atoms with Crippen LogP contribution < -0.4 is 10.6 Å². The number of piperidine rings is 1. The Bertz CT molecular complexity index is 876. The van der Waals surface area contributed by atoms with Crippen LogP contribution in [0.3, 0.4) is 0 Å². The molecule has 2 aliphatic heterocycles. The van der Waals surface area contributed by atoms with E-state index in [9.17, 15) is 9.59 Å². The van der Waals surface area contributed by atoms with E-state index in [2.05, 4.69) is 22.8 Å². The van der Waals surface area contributed by atoms with Gasteiger partial charge in [0.2, 0.25) is 0 Å². The summed E-state index contributed by atoms with van der Waals surface area (Å²) in [6.07, 6.45) is 3.44. The van der Waals surface area contributed by atoms with Crippen LogP contribution in [0.5, 0.6) is 0 Å². The fourth-order valence-electron chi connectivity index (χ4n) is 4.30. The van der Waals surface area contributed by atoms with Crippen molar-refractivity contribution in [3.05, 3.63) is 47.5 Å². The van der Waals surface area contributed by atoms with E-state index in [1.165, 1.54) is 20.0 Å². The van der Waals surface area contributed by atoms with Crippen LogP contribution in [-0.4, -0.2) is 50.2 Å². The Morgan fingerprint density at radius 3 is 2.68 bits per heavy atom. The fourth-order valence-corrected chi connectivity index (χ4v) is 4.30. The van der Waals surface area contributed by atoms with Gasteiger partial charge in [-0.15, -0.1) is 0 Å². The first kappa shape index (κ1) is 18.7. The molecule has 1 atom stereocenters. The number of ether oxygens (including phenoxy) is 1. The van der Waals surface area contributed by atoms with Crippen molar-refractivity contribution >= 4 is 22.8 Å². The SMILES string of the molecule is COC(=O)c1ccc2cc(C3CNC(=O)N3CCC3CCNCC3)ccc2c1. The average Bonchev–Trinajstić information content (AvgIpc) is 3.12. The van der Waals surface area contributed by atoms with Gasteiger partial charge in [0.05, 0.1) is 18.7 Å². The summed E-state index contributed by atoms with van der Waals surface area (Å²) in [5, 5.41) is 8.44. The van der Waals surface area contributed by atoms with Gasteiger partial charge in [0.15, 0.2) is 0 Å². The first-order valence-corrected chi connectivity index (χ1v) is 10.0. The molecule has 2 heterocycles. The predicted molar refractivity (Wildman–Crippen MR) is 108 cm³/mol. The van der Waals surface area contributed by atoms with Gasteiger partial charge in [0.1, 0.15) is 0 Å². The number of rotatable bonds is 5. The van der Waals surface area contributed by atoms with Gasteiger partial charge < -0.3 is 20.3 Å². The minimum atomic E-state index is -0.333. The summed E-state index contributed by atoms with van der Waals surface area (Å²) < 4.78 is 4.80. The Kier molecular flexibility index (Phi) is 5.48. The molecule has 6 heteroatoms. The Morgan fingerprint density at radius 1 is 1.14 bits per heavy atom. The van der Waals surface area contributed by atoms with E-state index < -0.39 is 0 Å². The highest BCUT2D eigenvalue weighted by Crippen LogP contribution is 2.29. The number of urea groups is 1. The second kappa shape index (κ2) is 8.19. The molecule has 6 nitrogen and oxygen atoms in total. The molecule has 0 bridgehead atoms. The summed E-state index contributed by atoms with van der Waals surface area (Å²) in [5.74, 6) is 0.365. The highest BCUT2D eigenvalue weighted by Gasteiger charge is 2.32. The average molecular weight is 381 g/mol. The number of esters is 1. The number of hydrogen-bond donors (Lipinski definition) is 2. The number of fused-ring (bicyclic) bond motifs is 1. The number of benzene rings is 2. The number of carbonyl (C=O) groups excluding carboxylic acids is 2. The van der Waals surface area contributed by atoms with E-state index in [-0.39, 0.29) is 18.0 Å². The molecule has 2 saturated heterocycles. The van der Waals surface area contributed by atoms with Crippen LogP contribution in [-0.2, 0) is 4.74 Å². The van der Waals surface area contributed by atoms with Gasteiger partial charge in [-0.05, 0) is 72.8 Å². The third-order valence-corrected chi connectivity index (χ3v) is 5.99. The van der Waals surface area contributed by atoms with Crippen molar-refractivity contribution in [1.29, 1.82) is 0 Å². The van der Waals surface area contributed by atoms with Gasteiger partial charge >= 0.3 is 12.0 Å². The van der Waals surface area contributed by atoms with Gasteiger partial charge in [0, 0.05) is 13.1 Å². The first-order valence-electron chi connectivity index (χ1n) is 10.0. The van der Waals surface area contributed by atoms with Gasteiger partial charge in [-0.3, -0.25) is 0 Å². The van der Waals surface area contributed by atoms with Crippen molar-refractivity contribution in [2.75, 3.05) is 33.3 Å². The fraction of sp³-hybridized carbons (Fsp3) is 0.455. The highest BCUT2D eigenvalue weighted by molar-refractivity contribution is 5.95. The van der Waals surface area contributed by atoms with Crippen LogP contribution in [0, 0.1) is 5.92 Å². The summed E-state index contributed by atoms with van der Waals surface area (Å²) >= 11 is 0. The molecule has 148 valence electrons. The van der Waals surface area contributed by atoms with E-state index in [1.807, 2.05) is 23.1 Å². The topological polar surface area (TPSA) is 70.7 Å². The van der Waals surface area contributed by atoms with Crippen molar-refractivity contribution in [2.24, 2.45) is 5.92 Å². The first-order chi connectivity index (χ1) is 13.7. The second-order valence-corrected chi connectivity index (χ2v) is 7.69. The molecule has 0 aromatic heterocycles. The van der Waals surface area contributed by atoms with Crippen molar-refractivity contribution in [3.8, 4) is 0 Å². The number of amides is 2. The zero-order chi connectivity index (χ0) is 19.5. The Morgan fingerprint density at radius 2 is 1.89 bits per heavy atom. The number of nitrogens with one attached hydrogen (secondary N) is 2. The summed E-state index contributed by atoms with van der Waals surface area (Å²) in [5.41, 5.74) is 1.67. The summed E-state index contributed by atoms with van der Waals surface area (Å²) in [6, 6.07) is 11.9. The van der Waals surface area contributed by atoms with Gasteiger partial charge in [-0.1, -0.05) is 18.2 Å². The van der Waals surface area contributed by atoms with E-state index in [4.69, 9.17) is 4.74 Å². The summed E-state index contributed by atoms with van der Waals surface area (Å²) in [6.45, 7) is 3.59. The van der Waals surface area contributed by atoms with E-state index in [1.54, 1.807) is 6.07 Å². The van der Waals surface area contributed by atoms with Crippen molar-refractivity contribution in [3.63, 3.8) is 0 Å². The third kappa shape index (κ3) is 3.83. The van der Waals surface area contributed by atoms with Crippen molar-refractivity contribution in [2.45, 2.75) is 25.3 Å². The molecule has 0 saturated carbocycles. The number of methoxy groups -OCH3 is 1. The van der Waals surface area contributed by atoms with Crippen LogP contribution in [0.2, 0.25) is 0 Å². The maximum absolute atomic E-state index is 12.4. The van der Waals surface area contributed by atoms with Crippen LogP contribution >= 0.6 is 0 Å². The van der Waals surface area contributed by atoms with Crippen molar-refractivity contribution < 1.29 is 14.3 Å². The Labute approximate surface area is 165 Å². The van der Waals surface area contributed by atoms with Crippen LogP contribution in [0.1, 0.15) is 41.2 Å². The normalized spacial score (nSPS) is 20.4. The maximum Gasteiger partial charge on any atom is 0.337 e. The molecule has 2 aromatic rings. The molecule has 0 radical (unpaired) electrons. The van der Waals surface area contributed by atoms with E-state index in [0.717, 1.165) is 42.4 Å². The molecule has 2 aromatic carbocycles. The zero-order valence-corrected chi connectivity index (χ0v) is 16.2.